The van der Waals surface area contributed by atoms with Gasteiger partial charge in [0.2, 0.25) is 5.91 Å². The van der Waals surface area contributed by atoms with Gasteiger partial charge in [-0.2, -0.15) is 0 Å². The molecule has 5 nitrogen and oxygen atoms in total. The maximum Gasteiger partial charge on any atom is 0.254 e. The molecule has 1 N–H and O–H groups in total. The van der Waals surface area contributed by atoms with Gasteiger partial charge in [0, 0.05) is 38.8 Å². The fraction of sp³-hybridized carbons (Fsp3) is 0.429. The third kappa shape index (κ3) is 4.66. The molecule has 1 saturated heterocycles. The van der Waals surface area contributed by atoms with E-state index in [2.05, 4.69) is 21.2 Å². The van der Waals surface area contributed by atoms with Crippen LogP contribution < -0.4 is 5.32 Å². The van der Waals surface area contributed by atoms with Crippen molar-refractivity contribution in [3.63, 3.8) is 0 Å². The van der Waals surface area contributed by atoms with Gasteiger partial charge >= 0.3 is 0 Å². The van der Waals surface area contributed by atoms with Crippen LogP contribution in [-0.4, -0.2) is 61.4 Å². The molecule has 1 aromatic carbocycles. The van der Waals surface area contributed by atoms with Crippen LogP contribution in [0.1, 0.15) is 10.4 Å². The van der Waals surface area contributed by atoms with Gasteiger partial charge in [-0.25, -0.2) is 4.39 Å². The highest BCUT2D eigenvalue weighted by atomic mass is 79.9. The maximum atomic E-state index is 13.2. The zero-order valence-corrected chi connectivity index (χ0v) is 14.5. The number of hydrogen-bond donors (Lipinski definition) is 1. The van der Waals surface area contributed by atoms with Gasteiger partial charge in [-0.15, -0.1) is 12.4 Å². The number of benzene rings is 1. The Morgan fingerprint density at radius 1 is 1.36 bits per heavy atom. The minimum atomic E-state index is -0.425. The SMILES string of the molecule is CN(CC(=O)N1CCNCC1)C(=O)c1ccc(F)c(Br)c1.Cl. The molecule has 0 atom stereocenters. The van der Waals surface area contributed by atoms with Crippen molar-refractivity contribution in [2.24, 2.45) is 0 Å². The normalized spacial score (nSPS) is 14.2. The topological polar surface area (TPSA) is 52.7 Å². The molecule has 1 fully saturated rings. The van der Waals surface area contributed by atoms with Gasteiger partial charge in [-0.1, -0.05) is 0 Å². The Kier molecular flexibility index (Phi) is 7.25. The van der Waals surface area contributed by atoms with Crippen molar-refractivity contribution in [1.82, 2.24) is 15.1 Å². The van der Waals surface area contributed by atoms with E-state index in [1.165, 1.54) is 23.1 Å². The first-order valence-corrected chi connectivity index (χ1v) is 7.47. The molecule has 0 aliphatic carbocycles. The average molecular weight is 395 g/mol. The first-order chi connectivity index (χ1) is 9.99. The summed E-state index contributed by atoms with van der Waals surface area (Å²) in [5.74, 6) is -0.807. The van der Waals surface area contributed by atoms with Crippen molar-refractivity contribution in [2.45, 2.75) is 0 Å². The predicted octanol–water partition coefficient (Wildman–Crippen LogP) is 1.51. The van der Waals surface area contributed by atoms with Crippen molar-refractivity contribution < 1.29 is 14.0 Å². The molecule has 2 rings (SSSR count). The van der Waals surface area contributed by atoms with Gasteiger partial charge in [0.15, 0.2) is 0 Å². The van der Waals surface area contributed by atoms with E-state index in [4.69, 9.17) is 0 Å². The summed E-state index contributed by atoms with van der Waals surface area (Å²) in [5.41, 5.74) is 0.346. The van der Waals surface area contributed by atoms with Crippen molar-refractivity contribution >= 4 is 40.2 Å². The third-order valence-electron chi connectivity index (χ3n) is 3.36. The molecule has 2 amide bonds. The number of piperazine rings is 1. The molecular formula is C14H18BrClFN3O2. The fourth-order valence-electron chi connectivity index (χ4n) is 2.14. The van der Waals surface area contributed by atoms with E-state index in [1.807, 2.05) is 0 Å². The van der Waals surface area contributed by atoms with Gasteiger partial charge < -0.3 is 15.1 Å². The summed E-state index contributed by atoms with van der Waals surface area (Å²) >= 11 is 3.05. The Morgan fingerprint density at radius 2 is 2.00 bits per heavy atom. The van der Waals surface area contributed by atoms with E-state index in [-0.39, 0.29) is 35.2 Å². The number of nitrogens with one attached hydrogen (secondary N) is 1. The van der Waals surface area contributed by atoms with Gasteiger partial charge in [0.25, 0.3) is 5.91 Å². The summed E-state index contributed by atoms with van der Waals surface area (Å²) in [5, 5.41) is 3.17. The van der Waals surface area contributed by atoms with Crippen LogP contribution in [0.25, 0.3) is 0 Å². The highest BCUT2D eigenvalue weighted by Crippen LogP contribution is 2.17. The average Bonchev–Trinajstić information content (AvgIpc) is 2.50. The van der Waals surface area contributed by atoms with E-state index in [9.17, 15) is 14.0 Å². The lowest BCUT2D eigenvalue weighted by molar-refractivity contribution is -0.132. The largest absolute Gasteiger partial charge is 0.339 e. The number of likely N-dealkylation sites (N-methyl/N-ethyl adjacent to an activating group) is 1. The van der Waals surface area contributed by atoms with Crippen LogP contribution in [0.3, 0.4) is 0 Å². The van der Waals surface area contributed by atoms with Crippen LogP contribution in [0.15, 0.2) is 22.7 Å². The molecule has 22 heavy (non-hydrogen) atoms. The van der Waals surface area contributed by atoms with Crippen molar-refractivity contribution in [1.29, 1.82) is 0 Å². The second-order valence-corrected chi connectivity index (χ2v) is 5.78. The minimum absolute atomic E-state index is 0. The molecule has 0 radical (unpaired) electrons. The Labute approximate surface area is 143 Å². The maximum absolute atomic E-state index is 13.2. The van der Waals surface area contributed by atoms with E-state index < -0.39 is 5.82 Å². The zero-order chi connectivity index (χ0) is 15.4. The molecule has 1 aliphatic heterocycles. The van der Waals surface area contributed by atoms with Crippen molar-refractivity contribution in [2.75, 3.05) is 39.8 Å². The van der Waals surface area contributed by atoms with Crippen LogP contribution in [0.5, 0.6) is 0 Å². The molecule has 0 bridgehead atoms. The Balaban J connectivity index is 0.00000242. The van der Waals surface area contributed by atoms with E-state index >= 15 is 0 Å². The lowest BCUT2D eigenvalue weighted by atomic mass is 10.2. The Hall–Kier alpha value is -1.18. The molecule has 0 spiro atoms. The minimum Gasteiger partial charge on any atom is -0.339 e. The predicted molar refractivity (Wildman–Crippen MR) is 87.8 cm³/mol. The number of rotatable bonds is 3. The molecule has 1 heterocycles. The second-order valence-electron chi connectivity index (χ2n) is 4.92. The molecule has 1 aliphatic rings. The lowest BCUT2D eigenvalue weighted by Crippen LogP contribution is -2.49. The molecule has 122 valence electrons. The molecular weight excluding hydrogens is 377 g/mol. The molecule has 0 saturated carbocycles. The number of nitrogens with zero attached hydrogens (tertiary/aromatic N) is 2. The quantitative estimate of drug-likeness (QED) is 0.846. The number of carbonyl (C=O) groups excluding carboxylic acids is 2. The number of carbonyl (C=O) groups is 2. The third-order valence-corrected chi connectivity index (χ3v) is 3.96. The smallest absolute Gasteiger partial charge is 0.254 e. The number of amides is 2. The lowest BCUT2D eigenvalue weighted by Gasteiger charge is -2.29. The fourth-order valence-corrected chi connectivity index (χ4v) is 2.52. The monoisotopic (exact) mass is 393 g/mol. The molecule has 1 aromatic rings. The first kappa shape index (κ1) is 18.9. The van der Waals surface area contributed by atoms with E-state index in [1.54, 1.807) is 11.9 Å². The van der Waals surface area contributed by atoms with Crippen LogP contribution in [0.2, 0.25) is 0 Å². The number of hydrogen-bond acceptors (Lipinski definition) is 3. The second kappa shape index (κ2) is 8.45. The van der Waals surface area contributed by atoms with Crippen molar-refractivity contribution in [3.8, 4) is 0 Å². The van der Waals surface area contributed by atoms with E-state index in [0.717, 1.165) is 13.1 Å². The highest BCUT2D eigenvalue weighted by Gasteiger charge is 2.21. The Bertz CT molecular complexity index is 553. The van der Waals surface area contributed by atoms with Gasteiger partial charge in [0.1, 0.15) is 5.82 Å². The summed E-state index contributed by atoms with van der Waals surface area (Å²) < 4.78 is 13.4. The van der Waals surface area contributed by atoms with Crippen molar-refractivity contribution in [3.05, 3.63) is 34.1 Å². The molecule has 8 heteroatoms. The van der Waals surface area contributed by atoms with Crippen LogP contribution in [0.4, 0.5) is 4.39 Å². The summed E-state index contributed by atoms with van der Waals surface area (Å²) in [7, 11) is 1.57. The molecule has 0 aromatic heterocycles. The van der Waals surface area contributed by atoms with Crippen LogP contribution in [-0.2, 0) is 4.79 Å². The first-order valence-electron chi connectivity index (χ1n) is 6.68. The Morgan fingerprint density at radius 3 is 2.59 bits per heavy atom. The van der Waals surface area contributed by atoms with Gasteiger partial charge in [-0.05, 0) is 34.1 Å². The summed E-state index contributed by atoms with van der Waals surface area (Å²) in [6.45, 7) is 2.88. The van der Waals surface area contributed by atoms with E-state index in [0.29, 0.717) is 18.7 Å². The van der Waals surface area contributed by atoms with Gasteiger partial charge in [-0.3, -0.25) is 9.59 Å². The van der Waals surface area contributed by atoms with Crippen LogP contribution in [0, 0.1) is 5.82 Å². The van der Waals surface area contributed by atoms with Crippen LogP contribution >= 0.6 is 28.3 Å². The highest BCUT2D eigenvalue weighted by molar-refractivity contribution is 9.10. The zero-order valence-electron chi connectivity index (χ0n) is 12.1. The standard InChI is InChI=1S/C14H17BrFN3O2.ClH/c1-18(9-13(20)19-6-4-17-5-7-19)14(21)10-2-3-12(16)11(15)8-10;/h2-3,8,17H,4-7,9H2,1H3;1H. The number of halogens is 3. The summed E-state index contributed by atoms with van der Waals surface area (Å²) in [6.07, 6.45) is 0. The van der Waals surface area contributed by atoms with Gasteiger partial charge in [0.05, 0.1) is 11.0 Å². The molecule has 0 unspecified atom stereocenters. The summed E-state index contributed by atoms with van der Waals surface area (Å²) in [6, 6.07) is 4.06. The summed E-state index contributed by atoms with van der Waals surface area (Å²) in [4.78, 5) is 27.4.